The van der Waals surface area contributed by atoms with E-state index in [1.165, 1.54) is 12.1 Å². The Balaban J connectivity index is 2.40. The molecule has 0 bridgehead atoms. The maximum absolute atomic E-state index is 13.7. The molecule has 0 aliphatic carbocycles. The highest BCUT2D eigenvalue weighted by Gasteiger charge is 2.10. The molecule has 0 unspecified atom stereocenters. The van der Waals surface area contributed by atoms with Gasteiger partial charge in [-0.2, -0.15) is 0 Å². The average Bonchev–Trinajstić information content (AvgIpc) is 2.37. The standard InChI is InChI=1S/C14H10F2O2/c1-9-3-2-4-13(14(9)16)18-12-6-5-11(15)7-10(12)8-17/h2-8H,1H3. The van der Waals surface area contributed by atoms with Crippen molar-refractivity contribution in [3.63, 3.8) is 0 Å². The minimum Gasteiger partial charge on any atom is -0.454 e. The second kappa shape index (κ2) is 4.96. The van der Waals surface area contributed by atoms with Crippen LogP contribution >= 0.6 is 0 Å². The maximum Gasteiger partial charge on any atom is 0.168 e. The molecule has 2 aromatic rings. The van der Waals surface area contributed by atoms with E-state index in [4.69, 9.17) is 4.74 Å². The first-order valence-electron chi connectivity index (χ1n) is 5.29. The normalized spacial score (nSPS) is 10.2. The van der Waals surface area contributed by atoms with Crippen LogP contribution < -0.4 is 4.74 Å². The fraction of sp³-hybridized carbons (Fsp3) is 0.0714. The number of hydrogen-bond donors (Lipinski definition) is 0. The second-order valence-corrected chi connectivity index (χ2v) is 3.79. The molecule has 0 N–H and O–H groups in total. The molecule has 0 saturated heterocycles. The molecule has 2 rings (SSSR count). The first-order chi connectivity index (χ1) is 8.61. The van der Waals surface area contributed by atoms with Gasteiger partial charge in [-0.1, -0.05) is 12.1 Å². The van der Waals surface area contributed by atoms with Crippen LogP contribution in [0.5, 0.6) is 11.5 Å². The predicted molar refractivity (Wildman–Crippen MR) is 63.0 cm³/mol. The summed E-state index contributed by atoms with van der Waals surface area (Å²) in [5.41, 5.74) is 0.471. The molecular weight excluding hydrogens is 238 g/mol. The molecule has 0 amide bonds. The van der Waals surface area contributed by atoms with Gasteiger partial charge in [0, 0.05) is 0 Å². The third-order valence-electron chi connectivity index (χ3n) is 2.48. The molecule has 92 valence electrons. The van der Waals surface area contributed by atoms with Crippen molar-refractivity contribution in [1.82, 2.24) is 0 Å². The second-order valence-electron chi connectivity index (χ2n) is 3.79. The summed E-state index contributed by atoms with van der Waals surface area (Å²) in [6, 6.07) is 8.17. The van der Waals surface area contributed by atoms with Crippen molar-refractivity contribution >= 4 is 6.29 Å². The number of rotatable bonds is 3. The lowest BCUT2D eigenvalue weighted by Gasteiger charge is -2.09. The van der Waals surface area contributed by atoms with Gasteiger partial charge in [0.05, 0.1) is 5.56 Å². The quantitative estimate of drug-likeness (QED) is 0.770. The smallest absolute Gasteiger partial charge is 0.168 e. The molecule has 0 aliphatic rings. The average molecular weight is 248 g/mol. The monoisotopic (exact) mass is 248 g/mol. The highest BCUT2D eigenvalue weighted by Crippen LogP contribution is 2.28. The molecular formula is C14H10F2O2. The number of hydrogen-bond acceptors (Lipinski definition) is 2. The summed E-state index contributed by atoms with van der Waals surface area (Å²) in [4.78, 5) is 10.8. The van der Waals surface area contributed by atoms with Gasteiger partial charge in [-0.3, -0.25) is 4.79 Å². The van der Waals surface area contributed by atoms with E-state index in [2.05, 4.69) is 0 Å². The summed E-state index contributed by atoms with van der Waals surface area (Å²) in [6.07, 6.45) is 0.464. The molecule has 0 fully saturated rings. The Morgan fingerprint density at radius 3 is 2.61 bits per heavy atom. The lowest BCUT2D eigenvalue weighted by molar-refractivity contribution is 0.112. The first-order valence-corrected chi connectivity index (χ1v) is 5.29. The summed E-state index contributed by atoms with van der Waals surface area (Å²) >= 11 is 0. The Morgan fingerprint density at radius 2 is 1.89 bits per heavy atom. The highest BCUT2D eigenvalue weighted by molar-refractivity contribution is 5.79. The van der Waals surface area contributed by atoms with Gasteiger partial charge in [0.25, 0.3) is 0 Å². The zero-order valence-corrected chi connectivity index (χ0v) is 9.61. The summed E-state index contributed by atoms with van der Waals surface area (Å²) in [6.45, 7) is 1.60. The van der Waals surface area contributed by atoms with E-state index >= 15 is 0 Å². The van der Waals surface area contributed by atoms with E-state index in [0.717, 1.165) is 12.1 Å². The van der Waals surface area contributed by atoms with E-state index in [1.54, 1.807) is 19.1 Å². The van der Waals surface area contributed by atoms with Crippen molar-refractivity contribution in [1.29, 1.82) is 0 Å². The number of aldehydes is 1. The minimum atomic E-state index is -0.547. The van der Waals surface area contributed by atoms with Crippen LogP contribution in [0.1, 0.15) is 15.9 Å². The fourth-order valence-electron chi connectivity index (χ4n) is 1.52. The zero-order valence-electron chi connectivity index (χ0n) is 9.61. The van der Waals surface area contributed by atoms with Crippen molar-refractivity contribution in [3.05, 3.63) is 59.2 Å². The number of benzene rings is 2. The van der Waals surface area contributed by atoms with Gasteiger partial charge in [-0.15, -0.1) is 0 Å². The molecule has 0 aliphatic heterocycles. The number of aryl methyl sites for hydroxylation is 1. The van der Waals surface area contributed by atoms with E-state index in [9.17, 15) is 13.6 Å². The Morgan fingerprint density at radius 1 is 1.11 bits per heavy atom. The van der Waals surface area contributed by atoms with Crippen LogP contribution in [0.4, 0.5) is 8.78 Å². The summed E-state index contributed by atoms with van der Waals surface area (Å²) in [5.74, 6) is -0.923. The van der Waals surface area contributed by atoms with Crippen LogP contribution in [0.15, 0.2) is 36.4 Å². The van der Waals surface area contributed by atoms with E-state index in [0.29, 0.717) is 11.8 Å². The molecule has 0 radical (unpaired) electrons. The van der Waals surface area contributed by atoms with Gasteiger partial charge in [0.2, 0.25) is 0 Å². The third-order valence-corrected chi connectivity index (χ3v) is 2.48. The van der Waals surface area contributed by atoms with Crippen LogP contribution in [0.3, 0.4) is 0 Å². The van der Waals surface area contributed by atoms with Crippen LogP contribution in [0.2, 0.25) is 0 Å². The molecule has 2 nitrogen and oxygen atoms in total. The van der Waals surface area contributed by atoms with Crippen molar-refractivity contribution < 1.29 is 18.3 Å². The van der Waals surface area contributed by atoms with Gasteiger partial charge in [0.15, 0.2) is 17.9 Å². The molecule has 0 aromatic heterocycles. The molecule has 0 heterocycles. The third kappa shape index (κ3) is 2.37. The van der Waals surface area contributed by atoms with Gasteiger partial charge in [0.1, 0.15) is 11.6 Å². The van der Waals surface area contributed by atoms with E-state index < -0.39 is 11.6 Å². The largest absolute Gasteiger partial charge is 0.454 e. The minimum absolute atomic E-state index is 0.00436. The van der Waals surface area contributed by atoms with E-state index in [-0.39, 0.29) is 17.1 Å². The summed E-state index contributed by atoms with van der Waals surface area (Å²) in [7, 11) is 0. The van der Waals surface area contributed by atoms with Crippen LogP contribution in [-0.4, -0.2) is 6.29 Å². The molecule has 0 atom stereocenters. The highest BCUT2D eigenvalue weighted by atomic mass is 19.1. The number of halogens is 2. The van der Waals surface area contributed by atoms with Gasteiger partial charge < -0.3 is 4.74 Å². The van der Waals surface area contributed by atoms with Crippen LogP contribution in [-0.2, 0) is 0 Å². The number of ether oxygens (including phenoxy) is 1. The lowest BCUT2D eigenvalue weighted by atomic mass is 10.2. The van der Waals surface area contributed by atoms with Crippen molar-refractivity contribution in [2.24, 2.45) is 0 Å². The topological polar surface area (TPSA) is 26.3 Å². The maximum atomic E-state index is 13.7. The summed E-state index contributed by atoms with van der Waals surface area (Å²) < 4.78 is 31.9. The van der Waals surface area contributed by atoms with Crippen molar-refractivity contribution in [2.45, 2.75) is 6.92 Å². The zero-order chi connectivity index (χ0) is 13.1. The van der Waals surface area contributed by atoms with Crippen molar-refractivity contribution in [2.75, 3.05) is 0 Å². The molecule has 2 aromatic carbocycles. The molecule has 0 spiro atoms. The molecule has 18 heavy (non-hydrogen) atoms. The number of carbonyl (C=O) groups is 1. The predicted octanol–water partition coefficient (Wildman–Crippen LogP) is 3.88. The van der Waals surface area contributed by atoms with Gasteiger partial charge in [-0.05, 0) is 36.8 Å². The first kappa shape index (κ1) is 12.2. The fourth-order valence-corrected chi connectivity index (χ4v) is 1.52. The van der Waals surface area contributed by atoms with Crippen molar-refractivity contribution in [3.8, 4) is 11.5 Å². The Labute approximate surface area is 103 Å². The van der Waals surface area contributed by atoms with Crippen LogP contribution in [0, 0.1) is 18.6 Å². The Hall–Kier alpha value is -2.23. The Kier molecular flexibility index (Phi) is 3.37. The SMILES string of the molecule is Cc1cccc(Oc2ccc(F)cc2C=O)c1F. The molecule has 4 heteroatoms. The van der Waals surface area contributed by atoms with Gasteiger partial charge in [-0.25, -0.2) is 8.78 Å². The Bertz CT molecular complexity index is 594. The summed E-state index contributed by atoms with van der Waals surface area (Å²) in [5, 5.41) is 0. The van der Waals surface area contributed by atoms with E-state index in [1.807, 2.05) is 0 Å². The number of carbonyl (C=O) groups excluding carboxylic acids is 1. The molecule has 0 saturated carbocycles. The van der Waals surface area contributed by atoms with Gasteiger partial charge >= 0.3 is 0 Å². The lowest BCUT2D eigenvalue weighted by Crippen LogP contribution is -1.94. The van der Waals surface area contributed by atoms with Crippen LogP contribution in [0.25, 0.3) is 0 Å².